The quantitative estimate of drug-likeness (QED) is 0.785. The number of amides is 1. The van der Waals surface area contributed by atoms with E-state index in [1.165, 1.54) is 6.07 Å². The highest BCUT2D eigenvalue weighted by molar-refractivity contribution is 6.32. The van der Waals surface area contributed by atoms with E-state index in [2.05, 4.69) is 15.3 Å². The highest BCUT2D eigenvalue weighted by Gasteiger charge is 2.32. The highest BCUT2D eigenvalue weighted by atomic mass is 19.4. The zero-order valence-electron chi connectivity index (χ0n) is 14.9. The summed E-state index contributed by atoms with van der Waals surface area (Å²) >= 11 is 0. The van der Waals surface area contributed by atoms with Gasteiger partial charge in [-0.05, 0) is 36.8 Å². The SMILES string of the molecule is [B]c1cc(NC(=O)c2ccc(C(F)(F)F)cn2)cc([C@]2(C)COCC(N)=N2)c1. The van der Waals surface area contributed by atoms with Crippen molar-refractivity contribution in [3.63, 3.8) is 0 Å². The van der Waals surface area contributed by atoms with E-state index in [1.807, 2.05) is 6.92 Å². The topological polar surface area (TPSA) is 89.6 Å². The van der Waals surface area contributed by atoms with Crippen molar-refractivity contribution in [1.82, 2.24) is 4.98 Å². The summed E-state index contributed by atoms with van der Waals surface area (Å²) in [5.74, 6) is -0.325. The van der Waals surface area contributed by atoms with Gasteiger partial charge in [-0.15, -0.1) is 0 Å². The number of halogens is 3. The van der Waals surface area contributed by atoms with Gasteiger partial charge in [0.05, 0.1) is 12.2 Å². The molecule has 1 aromatic heterocycles. The van der Waals surface area contributed by atoms with E-state index < -0.39 is 23.2 Å². The number of alkyl halides is 3. The van der Waals surface area contributed by atoms with Crippen molar-refractivity contribution in [2.45, 2.75) is 18.6 Å². The summed E-state index contributed by atoms with van der Waals surface area (Å²) in [4.78, 5) is 20.3. The van der Waals surface area contributed by atoms with Crippen LogP contribution in [0.15, 0.2) is 41.5 Å². The Bertz CT molecular complexity index is 931. The van der Waals surface area contributed by atoms with Crippen LogP contribution in [-0.2, 0) is 16.5 Å². The van der Waals surface area contributed by atoms with Gasteiger partial charge in [-0.3, -0.25) is 14.8 Å². The van der Waals surface area contributed by atoms with E-state index in [0.29, 0.717) is 28.7 Å². The molecular formula is C18H16BF3N4O2. The molecule has 3 rings (SSSR count). The smallest absolute Gasteiger partial charge is 0.386 e. The van der Waals surface area contributed by atoms with Crippen LogP contribution in [0.2, 0.25) is 0 Å². The predicted octanol–water partition coefficient (Wildman–Crippen LogP) is 1.75. The largest absolute Gasteiger partial charge is 0.417 e. The second-order valence-corrected chi connectivity index (χ2v) is 6.60. The molecule has 0 saturated carbocycles. The fourth-order valence-electron chi connectivity index (χ4n) is 2.81. The molecule has 10 heteroatoms. The minimum absolute atomic E-state index is 0.161. The number of nitrogens with zero attached hydrogens (tertiary/aromatic N) is 2. The average molecular weight is 388 g/mol. The normalized spacial score (nSPS) is 19.8. The summed E-state index contributed by atoms with van der Waals surface area (Å²) in [5.41, 5.74) is 5.28. The van der Waals surface area contributed by atoms with E-state index >= 15 is 0 Å². The molecule has 0 saturated heterocycles. The van der Waals surface area contributed by atoms with E-state index in [0.717, 1.165) is 12.1 Å². The number of benzene rings is 1. The van der Waals surface area contributed by atoms with Crippen LogP contribution in [0.3, 0.4) is 0 Å². The Kier molecular flexibility index (Phi) is 5.16. The van der Waals surface area contributed by atoms with Crippen LogP contribution in [-0.4, -0.2) is 37.8 Å². The predicted molar refractivity (Wildman–Crippen MR) is 98.8 cm³/mol. The van der Waals surface area contributed by atoms with Crippen molar-refractivity contribution >= 4 is 30.7 Å². The molecule has 2 aromatic rings. The lowest BCUT2D eigenvalue weighted by molar-refractivity contribution is -0.137. The van der Waals surface area contributed by atoms with E-state index in [9.17, 15) is 18.0 Å². The third-order valence-electron chi connectivity index (χ3n) is 4.18. The molecule has 1 amide bonds. The summed E-state index contributed by atoms with van der Waals surface area (Å²) < 4.78 is 43.3. The summed E-state index contributed by atoms with van der Waals surface area (Å²) in [6, 6.07) is 6.67. The number of aromatic nitrogens is 1. The van der Waals surface area contributed by atoms with Gasteiger partial charge in [0.2, 0.25) is 0 Å². The summed E-state index contributed by atoms with van der Waals surface area (Å²) in [6.07, 6.45) is -3.91. The number of amidine groups is 1. The number of carbonyl (C=O) groups is 1. The van der Waals surface area contributed by atoms with E-state index in [1.54, 1.807) is 12.1 Å². The number of ether oxygens (including phenoxy) is 1. The maximum absolute atomic E-state index is 12.6. The van der Waals surface area contributed by atoms with E-state index in [4.69, 9.17) is 18.3 Å². The number of anilines is 1. The number of hydrogen-bond donors (Lipinski definition) is 2. The fourth-order valence-corrected chi connectivity index (χ4v) is 2.81. The summed E-state index contributed by atoms with van der Waals surface area (Å²) in [5, 5.41) is 2.58. The molecule has 0 unspecified atom stereocenters. The molecule has 2 radical (unpaired) electrons. The highest BCUT2D eigenvalue weighted by Crippen LogP contribution is 2.30. The zero-order valence-corrected chi connectivity index (χ0v) is 14.9. The van der Waals surface area contributed by atoms with Gasteiger partial charge in [-0.1, -0.05) is 11.5 Å². The lowest BCUT2D eigenvalue weighted by Gasteiger charge is -2.30. The Balaban J connectivity index is 1.84. The van der Waals surface area contributed by atoms with Gasteiger partial charge in [-0.25, -0.2) is 0 Å². The molecule has 1 aliphatic heterocycles. The van der Waals surface area contributed by atoms with Gasteiger partial charge >= 0.3 is 6.18 Å². The number of carbonyl (C=O) groups excluding carboxylic acids is 1. The maximum Gasteiger partial charge on any atom is 0.417 e. The molecule has 6 nitrogen and oxygen atoms in total. The molecule has 3 N–H and O–H groups in total. The maximum atomic E-state index is 12.6. The van der Waals surface area contributed by atoms with Crippen LogP contribution in [0.1, 0.15) is 28.5 Å². The van der Waals surface area contributed by atoms with Gasteiger partial charge in [0, 0.05) is 11.9 Å². The number of pyridine rings is 1. The molecule has 2 heterocycles. The van der Waals surface area contributed by atoms with Crippen LogP contribution < -0.4 is 16.5 Å². The van der Waals surface area contributed by atoms with E-state index in [-0.39, 0.29) is 18.9 Å². The zero-order chi connectivity index (χ0) is 20.5. The minimum atomic E-state index is -4.52. The number of nitrogens with one attached hydrogen (secondary N) is 1. The van der Waals surface area contributed by atoms with Crippen molar-refractivity contribution < 1.29 is 22.7 Å². The first-order valence-corrected chi connectivity index (χ1v) is 8.24. The van der Waals surface area contributed by atoms with Gasteiger partial charge in [-0.2, -0.15) is 13.2 Å². The first-order valence-electron chi connectivity index (χ1n) is 8.24. The van der Waals surface area contributed by atoms with Gasteiger partial charge in [0.15, 0.2) is 0 Å². The molecule has 0 fully saturated rings. The second-order valence-electron chi connectivity index (χ2n) is 6.60. The number of nitrogens with two attached hydrogens (primary N) is 1. The van der Waals surface area contributed by atoms with Crippen LogP contribution in [0.4, 0.5) is 18.9 Å². The Morgan fingerprint density at radius 2 is 2.07 bits per heavy atom. The van der Waals surface area contributed by atoms with Crippen molar-refractivity contribution in [2.75, 3.05) is 18.5 Å². The third-order valence-corrected chi connectivity index (χ3v) is 4.18. The number of rotatable bonds is 3. The first kappa shape index (κ1) is 19.9. The number of aliphatic imine (C=N–C) groups is 1. The summed E-state index contributed by atoms with van der Waals surface area (Å²) in [6.45, 7) is 2.34. The van der Waals surface area contributed by atoms with Crippen molar-refractivity contribution in [2.24, 2.45) is 10.7 Å². The fraction of sp³-hybridized carbons (Fsp3) is 0.278. The van der Waals surface area contributed by atoms with Crippen LogP contribution in [0.25, 0.3) is 0 Å². The van der Waals surface area contributed by atoms with Gasteiger partial charge in [0.25, 0.3) is 5.91 Å². The Morgan fingerprint density at radius 3 is 2.68 bits per heavy atom. The van der Waals surface area contributed by atoms with Crippen LogP contribution in [0.5, 0.6) is 0 Å². The molecule has 0 aliphatic carbocycles. The summed E-state index contributed by atoms with van der Waals surface area (Å²) in [7, 11) is 5.93. The average Bonchev–Trinajstić information content (AvgIpc) is 2.60. The lowest BCUT2D eigenvalue weighted by atomic mass is 9.86. The molecule has 28 heavy (non-hydrogen) atoms. The molecular weight excluding hydrogens is 372 g/mol. The molecule has 0 spiro atoms. The Labute approximate surface area is 160 Å². The van der Waals surface area contributed by atoms with Crippen LogP contribution >= 0.6 is 0 Å². The second kappa shape index (κ2) is 7.27. The molecule has 1 aliphatic rings. The molecule has 0 bridgehead atoms. The Morgan fingerprint density at radius 1 is 1.32 bits per heavy atom. The number of hydrogen-bond acceptors (Lipinski definition) is 5. The van der Waals surface area contributed by atoms with Crippen molar-refractivity contribution in [3.8, 4) is 0 Å². The van der Waals surface area contributed by atoms with Crippen molar-refractivity contribution in [3.05, 3.63) is 53.3 Å². The van der Waals surface area contributed by atoms with Gasteiger partial charge in [0.1, 0.15) is 31.5 Å². The Hall–Kier alpha value is -2.88. The van der Waals surface area contributed by atoms with Crippen molar-refractivity contribution in [1.29, 1.82) is 0 Å². The third kappa shape index (κ3) is 4.33. The molecule has 1 aromatic carbocycles. The van der Waals surface area contributed by atoms with Gasteiger partial charge < -0.3 is 15.8 Å². The first-order chi connectivity index (χ1) is 13.1. The standard InChI is InChI=1S/C18H16BF3N4O2/c1-17(9-28-8-15(23)26-17)11-4-12(19)6-13(5-11)25-16(27)14-3-2-10(7-24-14)18(20,21)22/h2-7H,8-9H2,1H3,(H2,23,26)(H,25,27)/t17-/m0/s1. The van der Waals surface area contributed by atoms with Crippen LogP contribution in [0, 0.1) is 0 Å². The minimum Gasteiger partial charge on any atom is -0.386 e. The molecule has 1 atom stereocenters. The lowest BCUT2D eigenvalue weighted by Crippen LogP contribution is -2.38. The molecule has 144 valence electrons. The monoisotopic (exact) mass is 388 g/mol.